The first-order chi connectivity index (χ1) is 12.8. The van der Waals surface area contributed by atoms with Gasteiger partial charge < -0.3 is 10.4 Å². The van der Waals surface area contributed by atoms with E-state index < -0.39 is 22.0 Å². The Labute approximate surface area is 159 Å². The fourth-order valence-corrected chi connectivity index (χ4v) is 5.29. The van der Waals surface area contributed by atoms with E-state index in [-0.39, 0.29) is 24.9 Å². The van der Waals surface area contributed by atoms with Gasteiger partial charge in [0.25, 0.3) is 0 Å². The predicted octanol–water partition coefficient (Wildman–Crippen LogP) is 1.56. The molecule has 1 saturated heterocycles. The summed E-state index contributed by atoms with van der Waals surface area (Å²) < 4.78 is 27.4. The summed E-state index contributed by atoms with van der Waals surface area (Å²) in [4.78, 5) is 23.3. The van der Waals surface area contributed by atoms with Crippen LogP contribution in [0.2, 0.25) is 0 Å². The first kappa shape index (κ1) is 19.8. The van der Waals surface area contributed by atoms with Crippen LogP contribution in [0.15, 0.2) is 23.1 Å². The van der Waals surface area contributed by atoms with Crippen LogP contribution in [0.25, 0.3) is 0 Å². The van der Waals surface area contributed by atoms with E-state index in [2.05, 4.69) is 5.32 Å². The van der Waals surface area contributed by atoms with Crippen molar-refractivity contribution in [3.8, 4) is 0 Å². The second kappa shape index (κ2) is 7.98. The van der Waals surface area contributed by atoms with Gasteiger partial charge in [-0.1, -0.05) is 6.07 Å². The molecule has 2 aliphatic rings. The molecule has 1 heterocycles. The van der Waals surface area contributed by atoms with Crippen LogP contribution >= 0.6 is 0 Å². The summed E-state index contributed by atoms with van der Waals surface area (Å²) in [5, 5.41) is 11.3. The third kappa shape index (κ3) is 4.32. The van der Waals surface area contributed by atoms with E-state index in [4.69, 9.17) is 5.11 Å². The maximum absolute atomic E-state index is 13.0. The highest BCUT2D eigenvalue weighted by atomic mass is 32.2. The molecule has 1 amide bonds. The number of carboxylic acid groups (broad SMARTS) is 1. The lowest BCUT2D eigenvalue weighted by Crippen LogP contribution is -2.46. The van der Waals surface area contributed by atoms with E-state index in [1.54, 1.807) is 12.1 Å². The smallest absolute Gasteiger partial charge is 0.325 e. The molecule has 8 heteroatoms. The molecule has 0 saturated carbocycles. The SMILES string of the molecule is CC(NC(=O)C1CCN(S(=O)(=O)c2ccc3c(c2)CCCC3)CC1)C(=O)O. The summed E-state index contributed by atoms with van der Waals surface area (Å²) in [5.74, 6) is -1.77. The summed E-state index contributed by atoms with van der Waals surface area (Å²) in [6.07, 6.45) is 4.94. The lowest BCUT2D eigenvalue weighted by atomic mass is 9.92. The molecule has 2 N–H and O–H groups in total. The Morgan fingerprint density at radius 1 is 1.15 bits per heavy atom. The quantitative estimate of drug-likeness (QED) is 0.789. The molecule has 0 spiro atoms. The third-order valence-corrected chi connectivity index (χ3v) is 7.41. The summed E-state index contributed by atoms with van der Waals surface area (Å²) >= 11 is 0. The Morgan fingerprint density at radius 3 is 2.41 bits per heavy atom. The third-order valence-electron chi connectivity index (χ3n) is 5.51. The van der Waals surface area contributed by atoms with Crippen molar-refractivity contribution >= 4 is 21.9 Å². The van der Waals surface area contributed by atoms with Crippen molar-refractivity contribution in [1.82, 2.24) is 9.62 Å². The van der Waals surface area contributed by atoms with E-state index in [0.29, 0.717) is 17.7 Å². The van der Waals surface area contributed by atoms with Crippen LogP contribution in [-0.4, -0.2) is 48.8 Å². The highest BCUT2D eigenvalue weighted by molar-refractivity contribution is 7.89. The van der Waals surface area contributed by atoms with Gasteiger partial charge in [-0.05, 0) is 68.7 Å². The number of aryl methyl sites for hydroxylation is 2. The Morgan fingerprint density at radius 2 is 1.78 bits per heavy atom. The minimum absolute atomic E-state index is 0.263. The predicted molar refractivity (Wildman–Crippen MR) is 99.8 cm³/mol. The maximum Gasteiger partial charge on any atom is 0.325 e. The molecule has 3 rings (SSSR count). The Hall–Kier alpha value is -1.93. The monoisotopic (exact) mass is 394 g/mol. The average Bonchev–Trinajstić information content (AvgIpc) is 2.67. The maximum atomic E-state index is 13.0. The highest BCUT2D eigenvalue weighted by Gasteiger charge is 2.33. The fraction of sp³-hybridized carbons (Fsp3) is 0.579. The highest BCUT2D eigenvalue weighted by Crippen LogP contribution is 2.28. The molecule has 1 aliphatic carbocycles. The number of fused-ring (bicyclic) bond motifs is 1. The van der Waals surface area contributed by atoms with Crippen LogP contribution in [0.5, 0.6) is 0 Å². The van der Waals surface area contributed by atoms with Crippen LogP contribution in [0.1, 0.15) is 43.7 Å². The van der Waals surface area contributed by atoms with Crippen molar-refractivity contribution < 1.29 is 23.1 Å². The van der Waals surface area contributed by atoms with Gasteiger partial charge in [0.15, 0.2) is 0 Å². The molecule has 1 atom stereocenters. The molecule has 0 aromatic heterocycles. The van der Waals surface area contributed by atoms with Crippen molar-refractivity contribution in [2.45, 2.75) is 56.4 Å². The Kier molecular flexibility index (Phi) is 5.86. The second-order valence-electron chi connectivity index (χ2n) is 7.38. The largest absolute Gasteiger partial charge is 0.480 e. The minimum Gasteiger partial charge on any atom is -0.480 e. The Bertz CT molecular complexity index is 829. The van der Waals surface area contributed by atoms with Crippen molar-refractivity contribution in [2.75, 3.05) is 13.1 Å². The topological polar surface area (TPSA) is 104 Å². The molecular weight excluding hydrogens is 368 g/mol. The molecule has 0 bridgehead atoms. The summed E-state index contributed by atoms with van der Waals surface area (Å²) in [6.45, 7) is 1.94. The van der Waals surface area contributed by atoms with Gasteiger partial charge in [0.1, 0.15) is 6.04 Å². The number of rotatable bonds is 5. The lowest BCUT2D eigenvalue weighted by Gasteiger charge is -2.31. The van der Waals surface area contributed by atoms with Gasteiger partial charge in [-0.2, -0.15) is 4.31 Å². The van der Waals surface area contributed by atoms with Gasteiger partial charge in [-0.15, -0.1) is 0 Å². The summed E-state index contributed by atoms with van der Waals surface area (Å²) in [6, 6.07) is 4.47. The number of hydrogen-bond donors (Lipinski definition) is 2. The second-order valence-corrected chi connectivity index (χ2v) is 9.32. The van der Waals surface area contributed by atoms with Crippen molar-refractivity contribution in [3.63, 3.8) is 0 Å². The summed E-state index contributed by atoms with van der Waals surface area (Å²) in [7, 11) is -3.57. The molecule has 0 radical (unpaired) electrons. The molecule has 1 unspecified atom stereocenters. The zero-order valence-electron chi connectivity index (χ0n) is 15.5. The Balaban J connectivity index is 1.65. The van der Waals surface area contributed by atoms with Gasteiger partial charge in [-0.3, -0.25) is 9.59 Å². The number of aliphatic carboxylic acids is 1. The standard InChI is InChI=1S/C19H26N2O5S/c1-13(19(23)24)20-18(22)15-8-10-21(11-9-15)27(25,26)17-7-6-14-4-2-3-5-16(14)12-17/h6-7,12-13,15H,2-5,8-11H2,1H3,(H,20,22)(H,23,24). The van der Waals surface area contributed by atoms with E-state index in [9.17, 15) is 18.0 Å². The van der Waals surface area contributed by atoms with E-state index in [0.717, 1.165) is 31.2 Å². The minimum atomic E-state index is -3.57. The molecule has 7 nitrogen and oxygen atoms in total. The lowest BCUT2D eigenvalue weighted by molar-refractivity contribution is -0.142. The number of carboxylic acids is 1. The number of nitrogens with zero attached hydrogens (tertiary/aromatic N) is 1. The number of sulfonamides is 1. The van der Waals surface area contributed by atoms with E-state index in [1.165, 1.54) is 16.8 Å². The van der Waals surface area contributed by atoms with Crippen LogP contribution in [0, 0.1) is 5.92 Å². The number of benzene rings is 1. The van der Waals surface area contributed by atoms with Crippen molar-refractivity contribution in [1.29, 1.82) is 0 Å². The molecule has 27 heavy (non-hydrogen) atoms. The number of carbonyl (C=O) groups excluding carboxylic acids is 1. The van der Waals surface area contributed by atoms with E-state index in [1.807, 2.05) is 6.07 Å². The van der Waals surface area contributed by atoms with Gasteiger partial charge in [0.05, 0.1) is 4.90 Å². The summed E-state index contributed by atoms with van der Waals surface area (Å²) in [5.41, 5.74) is 2.36. The number of carbonyl (C=O) groups is 2. The van der Waals surface area contributed by atoms with Crippen LogP contribution in [-0.2, 0) is 32.5 Å². The number of amides is 1. The number of piperidine rings is 1. The molecule has 148 valence electrons. The van der Waals surface area contributed by atoms with Crippen LogP contribution < -0.4 is 5.32 Å². The van der Waals surface area contributed by atoms with Crippen molar-refractivity contribution in [3.05, 3.63) is 29.3 Å². The van der Waals surface area contributed by atoms with Crippen LogP contribution in [0.3, 0.4) is 0 Å². The zero-order valence-corrected chi connectivity index (χ0v) is 16.3. The van der Waals surface area contributed by atoms with Gasteiger partial charge in [-0.25, -0.2) is 8.42 Å². The van der Waals surface area contributed by atoms with Gasteiger partial charge in [0.2, 0.25) is 15.9 Å². The fourth-order valence-electron chi connectivity index (χ4n) is 3.77. The van der Waals surface area contributed by atoms with Crippen LogP contribution in [0.4, 0.5) is 0 Å². The molecule has 1 aliphatic heterocycles. The first-order valence-electron chi connectivity index (χ1n) is 9.44. The zero-order chi connectivity index (χ0) is 19.6. The first-order valence-corrected chi connectivity index (χ1v) is 10.9. The normalized spacial score (nSPS) is 19.9. The number of nitrogens with one attached hydrogen (secondary N) is 1. The average molecular weight is 394 g/mol. The molecular formula is C19H26N2O5S. The van der Waals surface area contributed by atoms with E-state index >= 15 is 0 Å². The van der Waals surface area contributed by atoms with Crippen molar-refractivity contribution in [2.24, 2.45) is 5.92 Å². The molecule has 1 fully saturated rings. The number of hydrogen-bond acceptors (Lipinski definition) is 4. The molecule has 1 aromatic rings. The van der Waals surface area contributed by atoms with Gasteiger partial charge >= 0.3 is 5.97 Å². The van der Waals surface area contributed by atoms with Gasteiger partial charge in [0, 0.05) is 19.0 Å². The molecule has 1 aromatic carbocycles.